The summed E-state index contributed by atoms with van der Waals surface area (Å²) in [4.78, 5) is 30.1. The van der Waals surface area contributed by atoms with E-state index in [2.05, 4.69) is 21.2 Å². The van der Waals surface area contributed by atoms with Crippen molar-refractivity contribution in [2.45, 2.75) is 64.1 Å². The van der Waals surface area contributed by atoms with Gasteiger partial charge >= 0.3 is 0 Å². The van der Waals surface area contributed by atoms with E-state index < -0.39 is 28.5 Å². The molecule has 2 amide bonds. The topological polar surface area (TPSA) is 86.8 Å². The third-order valence-corrected chi connectivity index (χ3v) is 10.4. The van der Waals surface area contributed by atoms with Crippen molar-refractivity contribution in [3.05, 3.63) is 129 Å². The first-order valence-corrected chi connectivity index (χ1v) is 17.7. The molecule has 4 aromatic rings. The minimum absolute atomic E-state index is 0.0417. The number of amides is 2. The van der Waals surface area contributed by atoms with Crippen LogP contribution in [0.1, 0.15) is 42.5 Å². The summed E-state index contributed by atoms with van der Waals surface area (Å²) in [5.41, 5.74) is 3.47. The molecule has 0 unspecified atom stereocenters. The van der Waals surface area contributed by atoms with Crippen molar-refractivity contribution in [1.29, 1.82) is 0 Å². The molecule has 46 heavy (non-hydrogen) atoms. The number of anilines is 1. The Bertz CT molecular complexity index is 1750. The van der Waals surface area contributed by atoms with Crippen molar-refractivity contribution < 1.29 is 18.0 Å². The maximum Gasteiger partial charge on any atom is 0.264 e. The highest BCUT2D eigenvalue weighted by molar-refractivity contribution is 9.10. The molecule has 10 heteroatoms. The Labute approximate surface area is 285 Å². The minimum atomic E-state index is -4.22. The van der Waals surface area contributed by atoms with Crippen molar-refractivity contribution in [2.75, 3.05) is 10.8 Å². The molecule has 0 aliphatic heterocycles. The zero-order chi connectivity index (χ0) is 33.4. The molecule has 0 spiro atoms. The first-order chi connectivity index (χ1) is 21.9. The van der Waals surface area contributed by atoms with E-state index in [1.54, 1.807) is 37.3 Å². The second-order valence-electron chi connectivity index (χ2n) is 11.4. The number of carbonyl (C=O) groups is 2. The Morgan fingerprint density at radius 3 is 2.17 bits per heavy atom. The fraction of sp³-hybridized carbons (Fsp3) is 0.278. The average Bonchev–Trinajstić information content (AvgIpc) is 3.04. The predicted octanol–water partition coefficient (Wildman–Crippen LogP) is 7.47. The van der Waals surface area contributed by atoms with Crippen LogP contribution in [-0.4, -0.2) is 43.8 Å². The molecule has 0 aliphatic rings. The van der Waals surface area contributed by atoms with Gasteiger partial charge in [0.1, 0.15) is 12.6 Å². The van der Waals surface area contributed by atoms with Crippen LogP contribution < -0.4 is 9.62 Å². The van der Waals surface area contributed by atoms with E-state index in [1.165, 1.54) is 17.0 Å². The summed E-state index contributed by atoms with van der Waals surface area (Å²) in [5.74, 6) is -0.839. The van der Waals surface area contributed by atoms with E-state index in [-0.39, 0.29) is 35.5 Å². The molecule has 1 N–H and O–H groups in total. The predicted molar refractivity (Wildman–Crippen MR) is 188 cm³/mol. The number of carbonyl (C=O) groups excluding carboxylic acids is 2. The largest absolute Gasteiger partial charge is 0.352 e. The lowest BCUT2D eigenvalue weighted by molar-refractivity contribution is -0.140. The number of hydrogen-bond donors (Lipinski definition) is 1. The van der Waals surface area contributed by atoms with Crippen LogP contribution in [0.3, 0.4) is 0 Å². The molecule has 242 valence electrons. The van der Waals surface area contributed by atoms with Gasteiger partial charge in [-0.25, -0.2) is 8.42 Å². The summed E-state index contributed by atoms with van der Waals surface area (Å²) in [6, 6.07) is 27.4. The lowest BCUT2D eigenvalue weighted by Gasteiger charge is -2.34. The van der Waals surface area contributed by atoms with Gasteiger partial charge in [0, 0.05) is 28.5 Å². The molecule has 4 aromatic carbocycles. The normalized spacial score (nSPS) is 12.7. The highest BCUT2D eigenvalue weighted by Crippen LogP contribution is 2.30. The van der Waals surface area contributed by atoms with E-state index in [4.69, 9.17) is 11.6 Å². The number of nitrogens with one attached hydrogen (secondary N) is 1. The number of benzene rings is 4. The highest BCUT2D eigenvalue weighted by atomic mass is 79.9. The second-order valence-corrected chi connectivity index (χ2v) is 14.6. The Morgan fingerprint density at radius 2 is 1.54 bits per heavy atom. The Kier molecular flexibility index (Phi) is 12.1. The summed E-state index contributed by atoms with van der Waals surface area (Å²) < 4.78 is 30.5. The van der Waals surface area contributed by atoms with Crippen LogP contribution >= 0.6 is 27.5 Å². The molecule has 0 aliphatic carbocycles. The molecule has 4 rings (SSSR count). The van der Waals surface area contributed by atoms with Gasteiger partial charge < -0.3 is 10.2 Å². The van der Waals surface area contributed by atoms with Gasteiger partial charge in [0.15, 0.2) is 0 Å². The number of aryl methyl sites for hydroxylation is 2. The van der Waals surface area contributed by atoms with Crippen LogP contribution in [0.5, 0.6) is 0 Å². The van der Waals surface area contributed by atoms with Crippen LogP contribution in [0, 0.1) is 13.8 Å². The number of halogens is 2. The molecule has 0 aromatic heterocycles. The third-order valence-electron chi connectivity index (χ3n) is 7.87. The molecule has 0 radical (unpaired) electrons. The van der Waals surface area contributed by atoms with Crippen LogP contribution in [0.4, 0.5) is 5.69 Å². The molecule has 0 saturated heterocycles. The van der Waals surface area contributed by atoms with E-state index >= 15 is 0 Å². The molecule has 0 heterocycles. The van der Waals surface area contributed by atoms with Crippen molar-refractivity contribution >= 4 is 55.1 Å². The van der Waals surface area contributed by atoms with E-state index in [0.29, 0.717) is 17.0 Å². The lowest BCUT2D eigenvalue weighted by atomic mass is 10.0. The lowest BCUT2D eigenvalue weighted by Crippen LogP contribution is -2.54. The maximum atomic E-state index is 14.6. The fourth-order valence-electron chi connectivity index (χ4n) is 4.98. The quantitative estimate of drug-likeness (QED) is 0.155. The van der Waals surface area contributed by atoms with Gasteiger partial charge in [-0.05, 0) is 80.3 Å². The average molecular weight is 725 g/mol. The van der Waals surface area contributed by atoms with Gasteiger partial charge in [-0.2, -0.15) is 0 Å². The van der Waals surface area contributed by atoms with Crippen molar-refractivity contribution in [3.8, 4) is 0 Å². The van der Waals surface area contributed by atoms with Crippen molar-refractivity contribution in [3.63, 3.8) is 0 Å². The van der Waals surface area contributed by atoms with E-state index in [1.807, 2.05) is 75.4 Å². The van der Waals surface area contributed by atoms with E-state index in [0.717, 1.165) is 25.5 Å². The van der Waals surface area contributed by atoms with E-state index in [9.17, 15) is 18.0 Å². The van der Waals surface area contributed by atoms with Gasteiger partial charge in [-0.1, -0.05) is 101 Å². The molecule has 7 nitrogen and oxygen atoms in total. The molecular weight excluding hydrogens is 686 g/mol. The van der Waals surface area contributed by atoms with Gasteiger partial charge in [-0.15, -0.1) is 0 Å². The number of hydrogen-bond acceptors (Lipinski definition) is 4. The van der Waals surface area contributed by atoms with Crippen LogP contribution in [0.15, 0.2) is 106 Å². The first-order valence-electron chi connectivity index (χ1n) is 15.1. The summed E-state index contributed by atoms with van der Waals surface area (Å²) >= 11 is 9.83. The maximum absolute atomic E-state index is 14.6. The number of nitrogens with zero attached hydrogens (tertiary/aromatic N) is 2. The van der Waals surface area contributed by atoms with Crippen molar-refractivity contribution in [1.82, 2.24) is 10.2 Å². The smallest absolute Gasteiger partial charge is 0.264 e. The summed E-state index contributed by atoms with van der Waals surface area (Å²) in [5, 5.41) is 3.39. The number of sulfonamides is 1. The Hall–Kier alpha value is -3.66. The van der Waals surface area contributed by atoms with Crippen LogP contribution in [0.2, 0.25) is 5.02 Å². The summed E-state index contributed by atoms with van der Waals surface area (Å²) in [7, 11) is -4.22. The third kappa shape index (κ3) is 8.99. The summed E-state index contributed by atoms with van der Waals surface area (Å²) in [6.45, 7) is 7.07. The fourth-order valence-corrected chi connectivity index (χ4v) is 6.88. The van der Waals surface area contributed by atoms with Crippen LogP contribution in [-0.2, 0) is 32.6 Å². The second kappa shape index (κ2) is 15.8. The Morgan fingerprint density at radius 1 is 0.891 bits per heavy atom. The van der Waals surface area contributed by atoms with Gasteiger partial charge in [-0.3, -0.25) is 13.9 Å². The van der Waals surface area contributed by atoms with Gasteiger partial charge in [0.2, 0.25) is 11.8 Å². The summed E-state index contributed by atoms with van der Waals surface area (Å²) in [6.07, 6.45) is 0.952. The molecule has 0 bridgehead atoms. The van der Waals surface area contributed by atoms with Gasteiger partial charge in [0.25, 0.3) is 10.0 Å². The molecular formula is C36H39BrClN3O4S. The minimum Gasteiger partial charge on any atom is -0.352 e. The zero-order valence-electron chi connectivity index (χ0n) is 26.4. The van der Waals surface area contributed by atoms with Gasteiger partial charge in [0.05, 0.1) is 10.6 Å². The number of rotatable bonds is 13. The SMILES string of the molecule is CC[C@@H](C)NC(=O)[C@H](Cc1ccccc1)N(Cc1ccc(Br)cc1)C(=O)CN(c1cc(Cl)ccc1C)S(=O)(=O)c1ccc(C)cc1. The zero-order valence-corrected chi connectivity index (χ0v) is 29.6. The molecule has 0 fully saturated rings. The van der Waals surface area contributed by atoms with Crippen LogP contribution in [0.25, 0.3) is 0 Å². The molecule has 2 atom stereocenters. The Balaban J connectivity index is 1.83. The van der Waals surface area contributed by atoms with Crippen molar-refractivity contribution in [2.24, 2.45) is 0 Å². The highest BCUT2D eigenvalue weighted by Gasteiger charge is 2.35. The molecule has 0 saturated carbocycles. The monoisotopic (exact) mass is 723 g/mol. The first kappa shape index (κ1) is 35.2. The standard InChI is InChI=1S/C36H39BrClN3O4S/c1-5-27(4)39-36(43)34(21-28-9-7-6-8-10-28)40(23-29-14-16-30(37)17-15-29)35(42)24-41(33-22-31(38)18-13-26(33)3)46(44,45)32-19-11-25(2)12-20-32/h6-20,22,27,34H,5,21,23-24H2,1-4H3,(H,39,43)/t27-,34+/m1/s1.